The molecule has 2 rings (SSSR count). The molecule has 0 aliphatic rings. The smallest absolute Gasteiger partial charge is 0.128 e. The van der Waals surface area contributed by atoms with Crippen molar-refractivity contribution in [2.75, 3.05) is 14.2 Å². The molecule has 0 saturated heterocycles. The topological polar surface area (TPSA) is 47.1 Å². The first-order valence-electron chi connectivity index (χ1n) is 4.98. The number of aromatic amines is 1. The Hall–Kier alpha value is -1.97. The monoisotopic (exact) mass is 218 g/mol. The number of ether oxygens (including phenoxy) is 2. The largest absolute Gasteiger partial charge is 0.497 e. The first kappa shape index (κ1) is 10.5. The van der Waals surface area contributed by atoms with Crippen LogP contribution in [0.15, 0.2) is 24.4 Å². The van der Waals surface area contributed by atoms with Gasteiger partial charge in [0.25, 0.3) is 0 Å². The van der Waals surface area contributed by atoms with Gasteiger partial charge >= 0.3 is 0 Å². The molecular formula is C12H14N2O2. The van der Waals surface area contributed by atoms with Crippen LogP contribution in [0.3, 0.4) is 0 Å². The number of imidazole rings is 1. The quantitative estimate of drug-likeness (QED) is 0.860. The summed E-state index contributed by atoms with van der Waals surface area (Å²) in [5, 5.41) is 0. The standard InChI is InChI=1S/C12H14N2O2/c1-8-13-7-11(14-8)10-6-9(15-2)4-5-12(10)16-3/h4-7H,1-3H3,(H,13,14). The molecule has 0 radical (unpaired) electrons. The van der Waals surface area contributed by atoms with Crippen molar-refractivity contribution in [2.45, 2.75) is 6.92 Å². The molecule has 0 aliphatic carbocycles. The van der Waals surface area contributed by atoms with Crippen LogP contribution >= 0.6 is 0 Å². The van der Waals surface area contributed by atoms with Crippen molar-refractivity contribution in [3.63, 3.8) is 0 Å². The normalized spacial score (nSPS) is 10.2. The lowest BCUT2D eigenvalue weighted by Crippen LogP contribution is -1.90. The maximum Gasteiger partial charge on any atom is 0.128 e. The van der Waals surface area contributed by atoms with E-state index in [4.69, 9.17) is 9.47 Å². The molecular weight excluding hydrogens is 204 g/mol. The van der Waals surface area contributed by atoms with Crippen molar-refractivity contribution in [1.29, 1.82) is 0 Å². The van der Waals surface area contributed by atoms with Crippen LogP contribution < -0.4 is 9.47 Å². The van der Waals surface area contributed by atoms with Crippen LogP contribution in [0.25, 0.3) is 11.3 Å². The molecule has 0 unspecified atom stereocenters. The van der Waals surface area contributed by atoms with Crippen molar-refractivity contribution >= 4 is 0 Å². The van der Waals surface area contributed by atoms with E-state index in [9.17, 15) is 0 Å². The predicted octanol–water partition coefficient (Wildman–Crippen LogP) is 2.40. The molecule has 0 atom stereocenters. The summed E-state index contributed by atoms with van der Waals surface area (Å²) < 4.78 is 10.5. The Morgan fingerprint density at radius 3 is 2.56 bits per heavy atom. The van der Waals surface area contributed by atoms with Crippen LogP contribution in [-0.4, -0.2) is 24.2 Å². The zero-order valence-electron chi connectivity index (χ0n) is 9.57. The van der Waals surface area contributed by atoms with E-state index in [1.165, 1.54) is 0 Å². The maximum atomic E-state index is 5.31. The van der Waals surface area contributed by atoms with Gasteiger partial charge in [-0.2, -0.15) is 0 Å². The van der Waals surface area contributed by atoms with E-state index >= 15 is 0 Å². The molecule has 1 heterocycles. The molecule has 0 saturated carbocycles. The molecule has 2 aromatic rings. The summed E-state index contributed by atoms with van der Waals surface area (Å²) in [4.78, 5) is 7.34. The van der Waals surface area contributed by atoms with E-state index in [0.717, 1.165) is 28.6 Å². The van der Waals surface area contributed by atoms with E-state index in [1.54, 1.807) is 20.4 Å². The van der Waals surface area contributed by atoms with Gasteiger partial charge in [0, 0.05) is 5.56 Å². The van der Waals surface area contributed by atoms with Gasteiger partial charge in [-0.1, -0.05) is 0 Å². The molecule has 0 aliphatic heterocycles. The highest BCUT2D eigenvalue weighted by atomic mass is 16.5. The van der Waals surface area contributed by atoms with Crippen LogP contribution in [0.4, 0.5) is 0 Å². The molecule has 0 amide bonds. The third kappa shape index (κ3) is 1.86. The Balaban J connectivity index is 2.52. The number of aromatic nitrogens is 2. The lowest BCUT2D eigenvalue weighted by Gasteiger charge is -2.08. The summed E-state index contributed by atoms with van der Waals surface area (Å²) >= 11 is 0. The zero-order chi connectivity index (χ0) is 11.5. The molecule has 4 nitrogen and oxygen atoms in total. The molecule has 1 aromatic heterocycles. The fourth-order valence-electron chi connectivity index (χ4n) is 1.58. The number of hydrogen-bond donors (Lipinski definition) is 1. The van der Waals surface area contributed by atoms with Crippen LogP contribution in [0, 0.1) is 6.92 Å². The SMILES string of the molecule is COc1ccc(OC)c(-c2cnc(C)[nH]2)c1. The number of methoxy groups -OCH3 is 2. The summed E-state index contributed by atoms with van der Waals surface area (Å²) in [5.41, 5.74) is 1.87. The van der Waals surface area contributed by atoms with E-state index in [-0.39, 0.29) is 0 Å². The third-order valence-corrected chi connectivity index (χ3v) is 2.40. The Labute approximate surface area is 94.2 Å². The first-order chi connectivity index (χ1) is 7.74. The molecule has 4 heteroatoms. The highest BCUT2D eigenvalue weighted by Gasteiger charge is 2.09. The van der Waals surface area contributed by atoms with Crippen LogP contribution in [0.1, 0.15) is 5.82 Å². The number of hydrogen-bond acceptors (Lipinski definition) is 3. The molecule has 16 heavy (non-hydrogen) atoms. The highest BCUT2D eigenvalue weighted by molar-refractivity contribution is 5.68. The summed E-state index contributed by atoms with van der Waals surface area (Å²) in [6.45, 7) is 1.91. The Morgan fingerprint density at radius 2 is 2.00 bits per heavy atom. The van der Waals surface area contributed by atoms with E-state index < -0.39 is 0 Å². The number of H-pyrrole nitrogens is 1. The number of nitrogens with one attached hydrogen (secondary N) is 1. The number of rotatable bonds is 3. The van der Waals surface area contributed by atoms with Gasteiger partial charge in [0.2, 0.25) is 0 Å². The van der Waals surface area contributed by atoms with Crippen molar-refractivity contribution in [2.24, 2.45) is 0 Å². The summed E-state index contributed by atoms with van der Waals surface area (Å²) in [5.74, 6) is 2.47. The van der Waals surface area contributed by atoms with E-state index in [1.807, 2.05) is 25.1 Å². The maximum absolute atomic E-state index is 5.31. The van der Waals surface area contributed by atoms with Gasteiger partial charge in [0.1, 0.15) is 17.3 Å². The van der Waals surface area contributed by atoms with Crippen molar-refractivity contribution in [1.82, 2.24) is 9.97 Å². The zero-order valence-corrected chi connectivity index (χ0v) is 9.57. The average molecular weight is 218 g/mol. The van der Waals surface area contributed by atoms with Crippen LogP contribution in [0.5, 0.6) is 11.5 Å². The van der Waals surface area contributed by atoms with Gasteiger partial charge in [-0.25, -0.2) is 4.98 Å². The van der Waals surface area contributed by atoms with E-state index in [0.29, 0.717) is 0 Å². The second-order valence-electron chi connectivity index (χ2n) is 3.45. The van der Waals surface area contributed by atoms with Crippen molar-refractivity contribution in [3.8, 4) is 22.8 Å². The predicted molar refractivity (Wildman–Crippen MR) is 61.9 cm³/mol. The highest BCUT2D eigenvalue weighted by Crippen LogP contribution is 2.32. The van der Waals surface area contributed by atoms with Gasteiger partial charge in [-0.15, -0.1) is 0 Å². The summed E-state index contributed by atoms with van der Waals surface area (Å²) in [6.07, 6.45) is 1.78. The molecule has 0 spiro atoms. The van der Waals surface area contributed by atoms with Crippen LogP contribution in [0.2, 0.25) is 0 Å². The van der Waals surface area contributed by atoms with Crippen molar-refractivity contribution < 1.29 is 9.47 Å². The van der Waals surface area contributed by atoms with Crippen molar-refractivity contribution in [3.05, 3.63) is 30.2 Å². The fourth-order valence-corrected chi connectivity index (χ4v) is 1.58. The Bertz CT molecular complexity index is 492. The number of nitrogens with zero attached hydrogens (tertiary/aromatic N) is 1. The molecule has 1 N–H and O–H groups in total. The minimum atomic E-state index is 0.794. The lowest BCUT2D eigenvalue weighted by atomic mass is 10.1. The van der Waals surface area contributed by atoms with Gasteiger partial charge in [0.15, 0.2) is 0 Å². The fraction of sp³-hybridized carbons (Fsp3) is 0.250. The Kier molecular flexibility index (Phi) is 2.81. The third-order valence-electron chi connectivity index (χ3n) is 2.40. The number of aryl methyl sites for hydroxylation is 1. The summed E-state index contributed by atoms with van der Waals surface area (Å²) in [7, 11) is 3.29. The van der Waals surface area contributed by atoms with E-state index in [2.05, 4.69) is 9.97 Å². The second-order valence-corrected chi connectivity index (χ2v) is 3.45. The van der Waals surface area contributed by atoms with Gasteiger partial charge < -0.3 is 14.5 Å². The van der Waals surface area contributed by atoms with Gasteiger partial charge in [-0.05, 0) is 25.1 Å². The number of benzene rings is 1. The molecule has 84 valence electrons. The molecule has 0 bridgehead atoms. The van der Waals surface area contributed by atoms with Gasteiger partial charge in [0.05, 0.1) is 26.1 Å². The van der Waals surface area contributed by atoms with Crippen LogP contribution in [-0.2, 0) is 0 Å². The molecule has 1 aromatic carbocycles. The van der Waals surface area contributed by atoms with Gasteiger partial charge in [-0.3, -0.25) is 0 Å². The summed E-state index contributed by atoms with van der Waals surface area (Å²) in [6, 6.07) is 5.67. The minimum absolute atomic E-state index is 0.794. The average Bonchev–Trinajstić information content (AvgIpc) is 2.75. The minimum Gasteiger partial charge on any atom is -0.497 e. The first-order valence-corrected chi connectivity index (χ1v) is 4.98. The second kappa shape index (κ2) is 4.26. The Morgan fingerprint density at radius 1 is 1.19 bits per heavy atom. The lowest BCUT2D eigenvalue weighted by molar-refractivity contribution is 0.404. The molecule has 0 fully saturated rings.